The monoisotopic (exact) mass is 345 g/mol. The smallest absolute Gasteiger partial charge is 0.269 e. The van der Waals surface area contributed by atoms with Crippen LogP contribution in [-0.4, -0.2) is 54.0 Å². The van der Waals surface area contributed by atoms with Gasteiger partial charge in [0.1, 0.15) is 0 Å². The maximum Gasteiger partial charge on any atom is 0.269 e. The summed E-state index contributed by atoms with van der Waals surface area (Å²) in [4.78, 5) is 15.7. The summed E-state index contributed by atoms with van der Waals surface area (Å²) in [6.07, 6.45) is 9.20. The molecule has 0 bridgehead atoms. The summed E-state index contributed by atoms with van der Waals surface area (Å²) in [6, 6.07) is 7.04. The first-order valence-electron chi connectivity index (χ1n) is 9.89. The number of nitro benzene ring substituents is 1. The zero-order chi connectivity index (χ0) is 17.5. The third kappa shape index (κ3) is 5.79. The summed E-state index contributed by atoms with van der Waals surface area (Å²) in [6.45, 7) is 7.33. The van der Waals surface area contributed by atoms with Gasteiger partial charge in [-0.15, -0.1) is 0 Å². The second-order valence-electron chi connectivity index (χ2n) is 7.70. The van der Waals surface area contributed by atoms with Crippen molar-refractivity contribution in [1.29, 1.82) is 0 Å². The maximum atomic E-state index is 10.7. The number of piperidine rings is 1. The molecule has 5 nitrogen and oxygen atoms in total. The first-order valence-corrected chi connectivity index (χ1v) is 9.89. The summed E-state index contributed by atoms with van der Waals surface area (Å²) < 4.78 is 0. The number of nitro groups is 1. The predicted molar refractivity (Wildman–Crippen MR) is 101 cm³/mol. The SMILES string of the molecule is O=[N+]([O-])c1ccc(CCN2CCCC(CN3CCCCCC3)C2)cc1. The van der Waals surface area contributed by atoms with Crippen molar-refractivity contribution in [3.05, 3.63) is 39.9 Å². The van der Waals surface area contributed by atoms with Gasteiger partial charge in [0.15, 0.2) is 0 Å². The molecule has 25 heavy (non-hydrogen) atoms. The fourth-order valence-corrected chi connectivity index (χ4v) is 4.26. The molecule has 0 aliphatic carbocycles. The van der Waals surface area contributed by atoms with Crippen molar-refractivity contribution in [3.63, 3.8) is 0 Å². The molecule has 2 aliphatic heterocycles. The molecule has 0 aromatic heterocycles. The highest BCUT2D eigenvalue weighted by molar-refractivity contribution is 5.32. The van der Waals surface area contributed by atoms with E-state index in [1.54, 1.807) is 12.1 Å². The Hall–Kier alpha value is -1.46. The van der Waals surface area contributed by atoms with E-state index in [-0.39, 0.29) is 10.6 Å². The number of rotatable bonds is 6. The molecule has 0 spiro atoms. The number of nitrogens with zero attached hydrogens (tertiary/aromatic N) is 3. The van der Waals surface area contributed by atoms with Gasteiger partial charge in [-0.3, -0.25) is 10.1 Å². The van der Waals surface area contributed by atoms with Gasteiger partial charge in [-0.05, 0) is 63.2 Å². The Balaban J connectivity index is 1.44. The van der Waals surface area contributed by atoms with E-state index in [0.717, 1.165) is 18.9 Å². The molecule has 1 aromatic carbocycles. The molecule has 2 heterocycles. The second-order valence-corrected chi connectivity index (χ2v) is 7.70. The molecule has 3 rings (SSSR count). The van der Waals surface area contributed by atoms with Crippen LogP contribution in [0.15, 0.2) is 24.3 Å². The summed E-state index contributed by atoms with van der Waals surface area (Å²) in [5, 5.41) is 10.7. The van der Waals surface area contributed by atoms with E-state index >= 15 is 0 Å². The van der Waals surface area contributed by atoms with E-state index in [1.165, 1.54) is 76.8 Å². The van der Waals surface area contributed by atoms with Crippen molar-refractivity contribution in [2.45, 2.75) is 44.9 Å². The van der Waals surface area contributed by atoms with E-state index in [2.05, 4.69) is 9.80 Å². The lowest BCUT2D eigenvalue weighted by Crippen LogP contribution is -2.42. The molecule has 0 amide bonds. The van der Waals surface area contributed by atoms with Gasteiger partial charge in [0.25, 0.3) is 5.69 Å². The highest BCUT2D eigenvalue weighted by atomic mass is 16.6. The molecule has 1 atom stereocenters. The second kappa shape index (κ2) is 9.30. The minimum Gasteiger partial charge on any atom is -0.303 e. The third-order valence-electron chi connectivity index (χ3n) is 5.68. The van der Waals surface area contributed by atoms with E-state index in [0.29, 0.717) is 0 Å². The lowest BCUT2D eigenvalue weighted by atomic mass is 9.96. The Labute approximate surface area is 151 Å². The number of benzene rings is 1. The Morgan fingerprint density at radius 2 is 1.64 bits per heavy atom. The molecular weight excluding hydrogens is 314 g/mol. The lowest BCUT2D eigenvalue weighted by molar-refractivity contribution is -0.384. The highest BCUT2D eigenvalue weighted by Gasteiger charge is 2.22. The lowest BCUT2D eigenvalue weighted by Gasteiger charge is -2.35. The summed E-state index contributed by atoms with van der Waals surface area (Å²) in [7, 11) is 0. The molecule has 1 unspecified atom stereocenters. The first kappa shape index (κ1) is 18.3. The standard InChI is InChI=1S/C20H31N3O2/c24-23(25)20-9-7-18(8-10-20)11-15-22-14-5-6-19(17-22)16-21-12-3-1-2-4-13-21/h7-10,19H,1-6,11-17H2. The minimum absolute atomic E-state index is 0.180. The molecule has 2 aliphatic rings. The Bertz CT molecular complexity index is 538. The molecule has 138 valence electrons. The minimum atomic E-state index is -0.331. The van der Waals surface area contributed by atoms with Crippen LogP contribution in [0.1, 0.15) is 44.1 Å². The van der Waals surface area contributed by atoms with Crippen LogP contribution < -0.4 is 0 Å². The van der Waals surface area contributed by atoms with Gasteiger partial charge < -0.3 is 9.80 Å². The van der Waals surface area contributed by atoms with Crippen molar-refractivity contribution in [3.8, 4) is 0 Å². The third-order valence-corrected chi connectivity index (χ3v) is 5.68. The molecule has 0 radical (unpaired) electrons. The van der Waals surface area contributed by atoms with Crippen LogP contribution in [0.5, 0.6) is 0 Å². The Morgan fingerprint density at radius 1 is 0.960 bits per heavy atom. The van der Waals surface area contributed by atoms with Gasteiger partial charge in [-0.25, -0.2) is 0 Å². The van der Waals surface area contributed by atoms with Crippen LogP contribution in [-0.2, 0) is 6.42 Å². The van der Waals surface area contributed by atoms with Crippen LogP contribution >= 0.6 is 0 Å². The molecule has 2 saturated heterocycles. The van der Waals surface area contributed by atoms with Crippen molar-refractivity contribution in [2.24, 2.45) is 5.92 Å². The van der Waals surface area contributed by atoms with Crippen LogP contribution in [0.25, 0.3) is 0 Å². The maximum absolute atomic E-state index is 10.7. The average molecular weight is 345 g/mol. The van der Waals surface area contributed by atoms with Gasteiger partial charge in [-0.1, -0.05) is 25.0 Å². The van der Waals surface area contributed by atoms with Gasteiger partial charge in [0, 0.05) is 31.8 Å². The zero-order valence-electron chi connectivity index (χ0n) is 15.2. The van der Waals surface area contributed by atoms with Crippen LogP contribution in [0, 0.1) is 16.0 Å². The Kier molecular flexibility index (Phi) is 6.82. The van der Waals surface area contributed by atoms with E-state index in [1.807, 2.05) is 12.1 Å². The van der Waals surface area contributed by atoms with Gasteiger partial charge in [-0.2, -0.15) is 0 Å². The van der Waals surface area contributed by atoms with Gasteiger partial charge in [0.05, 0.1) is 4.92 Å². The average Bonchev–Trinajstić information content (AvgIpc) is 2.89. The topological polar surface area (TPSA) is 49.6 Å². The fourth-order valence-electron chi connectivity index (χ4n) is 4.26. The molecular formula is C20H31N3O2. The number of non-ortho nitro benzene ring substituents is 1. The van der Waals surface area contributed by atoms with Gasteiger partial charge >= 0.3 is 0 Å². The van der Waals surface area contributed by atoms with Crippen LogP contribution in [0.3, 0.4) is 0 Å². The molecule has 0 N–H and O–H groups in total. The molecule has 5 heteroatoms. The van der Waals surface area contributed by atoms with Crippen molar-refractivity contribution < 1.29 is 4.92 Å². The zero-order valence-corrected chi connectivity index (χ0v) is 15.2. The van der Waals surface area contributed by atoms with E-state index < -0.39 is 0 Å². The van der Waals surface area contributed by atoms with Crippen molar-refractivity contribution in [2.75, 3.05) is 39.3 Å². The predicted octanol–water partition coefficient (Wildman–Crippen LogP) is 3.73. The van der Waals surface area contributed by atoms with E-state index in [4.69, 9.17) is 0 Å². The Morgan fingerprint density at radius 3 is 2.32 bits per heavy atom. The summed E-state index contributed by atoms with van der Waals surface area (Å²) in [5.74, 6) is 0.809. The van der Waals surface area contributed by atoms with Crippen LogP contribution in [0.2, 0.25) is 0 Å². The summed E-state index contributed by atoms with van der Waals surface area (Å²) in [5.41, 5.74) is 1.37. The summed E-state index contributed by atoms with van der Waals surface area (Å²) >= 11 is 0. The molecule has 1 aromatic rings. The number of hydrogen-bond donors (Lipinski definition) is 0. The van der Waals surface area contributed by atoms with Crippen molar-refractivity contribution in [1.82, 2.24) is 9.80 Å². The first-order chi connectivity index (χ1) is 12.2. The normalized spacial score (nSPS) is 23.3. The van der Waals surface area contributed by atoms with Crippen LogP contribution in [0.4, 0.5) is 5.69 Å². The highest BCUT2D eigenvalue weighted by Crippen LogP contribution is 2.20. The number of likely N-dealkylation sites (tertiary alicyclic amines) is 2. The molecule has 0 saturated carbocycles. The fraction of sp³-hybridized carbons (Fsp3) is 0.700. The number of hydrogen-bond acceptors (Lipinski definition) is 4. The van der Waals surface area contributed by atoms with Gasteiger partial charge in [0.2, 0.25) is 0 Å². The van der Waals surface area contributed by atoms with E-state index in [9.17, 15) is 10.1 Å². The largest absolute Gasteiger partial charge is 0.303 e. The quantitative estimate of drug-likeness (QED) is 0.582. The molecule has 2 fully saturated rings. The van der Waals surface area contributed by atoms with Crippen molar-refractivity contribution >= 4 is 5.69 Å².